The average Bonchev–Trinajstić information content (AvgIpc) is 3.08. The summed E-state index contributed by atoms with van der Waals surface area (Å²) >= 11 is 10.4. The summed E-state index contributed by atoms with van der Waals surface area (Å²) < 4.78 is 5.75. The van der Waals surface area contributed by atoms with E-state index in [1.807, 2.05) is 37.3 Å². The molecule has 1 aliphatic heterocycles. The Hall–Kier alpha value is -3.14. The molecule has 0 spiro atoms. The summed E-state index contributed by atoms with van der Waals surface area (Å²) in [7, 11) is 4.47. The molecule has 3 amide bonds. The van der Waals surface area contributed by atoms with Gasteiger partial charge in [0.25, 0.3) is 0 Å². The van der Waals surface area contributed by atoms with Crippen LogP contribution in [0.15, 0.2) is 35.9 Å². The van der Waals surface area contributed by atoms with Crippen LogP contribution < -0.4 is 10.6 Å². The van der Waals surface area contributed by atoms with Gasteiger partial charge in [-0.1, -0.05) is 62.7 Å². The molecule has 294 valence electrons. The average molecular weight is 765 g/mol. The zero-order chi connectivity index (χ0) is 39.8. The lowest BCUT2D eigenvalue weighted by Gasteiger charge is -2.23. The number of aliphatic hydroxyl groups excluding tert-OH is 3. The Morgan fingerprint density at radius 1 is 1.16 bits per heavy atom. The van der Waals surface area contributed by atoms with Crippen molar-refractivity contribution < 1.29 is 51.6 Å². The highest BCUT2D eigenvalue weighted by molar-refractivity contribution is 7.80. The number of allylic oxidation sites excluding steroid dienone is 3. The summed E-state index contributed by atoms with van der Waals surface area (Å²) in [5.41, 5.74) is 7.28. The third-order valence-electron chi connectivity index (χ3n) is 8.29. The van der Waals surface area contributed by atoms with Crippen LogP contribution in [0.3, 0.4) is 0 Å². The Labute approximate surface area is 315 Å². The van der Waals surface area contributed by atoms with Gasteiger partial charge in [0.15, 0.2) is 0 Å². The predicted octanol–water partition coefficient (Wildman–Crippen LogP) is 4.72. The summed E-state index contributed by atoms with van der Waals surface area (Å²) in [5.74, 6) is -0.234. The molecule has 5 atom stereocenters. The molecule has 0 radical (unpaired) electrons. The van der Waals surface area contributed by atoms with Crippen LogP contribution in [0.1, 0.15) is 86.1 Å². The Kier molecular flexibility index (Phi) is 26.9. The van der Waals surface area contributed by atoms with E-state index in [2.05, 4.69) is 32.2 Å². The fraction of sp³-hybridized carbons (Fsp3) is 0.611. The second-order valence-electron chi connectivity index (χ2n) is 12.6. The highest BCUT2D eigenvalue weighted by Gasteiger charge is 2.22. The van der Waals surface area contributed by atoms with Gasteiger partial charge in [-0.25, -0.2) is 9.59 Å². The number of halogens is 1. The highest BCUT2D eigenvalue weighted by Crippen LogP contribution is 2.32. The minimum atomic E-state index is -1.33. The molecule has 9 N–H and O–H groups in total. The van der Waals surface area contributed by atoms with Gasteiger partial charge in [-0.2, -0.15) is 12.6 Å². The molecule has 1 aromatic rings. The molecule has 1 heterocycles. The van der Waals surface area contributed by atoms with Crippen LogP contribution in [0.5, 0.6) is 0 Å². The van der Waals surface area contributed by atoms with Gasteiger partial charge in [0.1, 0.15) is 6.04 Å². The van der Waals surface area contributed by atoms with Gasteiger partial charge in [-0.15, -0.1) is 0 Å². The number of nitrogens with zero attached hydrogens (tertiary/aromatic N) is 2. The Morgan fingerprint density at radius 3 is 2.24 bits per heavy atom. The van der Waals surface area contributed by atoms with Gasteiger partial charge in [0.05, 0.1) is 30.0 Å². The first-order valence-electron chi connectivity index (χ1n) is 17.3. The molecule has 2 bridgehead atoms. The molecular weight excluding hydrogens is 702 g/mol. The first kappa shape index (κ1) is 50.0. The molecule has 0 saturated heterocycles. The summed E-state index contributed by atoms with van der Waals surface area (Å²) in [5, 5.41) is 46.3. The molecule has 13 nitrogen and oxygen atoms in total. The second kappa shape index (κ2) is 27.5. The van der Waals surface area contributed by atoms with Crippen molar-refractivity contribution in [3.63, 3.8) is 0 Å². The van der Waals surface area contributed by atoms with Gasteiger partial charge >= 0.3 is 12.1 Å². The second-order valence-corrected chi connectivity index (χ2v) is 13.4. The molecule has 0 aromatic heterocycles. The quantitative estimate of drug-likeness (QED) is 0.198. The van der Waals surface area contributed by atoms with Crippen molar-refractivity contribution in [3.8, 4) is 0 Å². The maximum absolute atomic E-state index is 12.9. The first-order valence-corrected chi connectivity index (χ1v) is 17.3. The zero-order valence-corrected chi connectivity index (χ0v) is 32.7. The molecule has 15 heteroatoms. The van der Waals surface area contributed by atoms with Gasteiger partial charge < -0.3 is 46.5 Å². The molecule has 1 aromatic carbocycles. The van der Waals surface area contributed by atoms with Crippen LogP contribution in [0.4, 0.5) is 10.5 Å². The first-order chi connectivity index (χ1) is 23.9. The zero-order valence-electron chi connectivity index (χ0n) is 32.0. The van der Waals surface area contributed by atoms with Gasteiger partial charge in [-0.3, -0.25) is 9.59 Å². The van der Waals surface area contributed by atoms with Crippen molar-refractivity contribution in [2.24, 2.45) is 23.5 Å². The predicted molar refractivity (Wildman–Crippen MR) is 206 cm³/mol. The maximum atomic E-state index is 12.9. The molecule has 1 aliphatic rings. The number of amides is 3. The molecule has 2 rings (SSSR count). The van der Waals surface area contributed by atoms with Crippen LogP contribution in [-0.4, -0.2) is 98.4 Å². The largest absolute Gasteiger partial charge is 0.480 e. The van der Waals surface area contributed by atoms with E-state index in [9.17, 15) is 29.7 Å². The van der Waals surface area contributed by atoms with Gasteiger partial charge in [-0.05, 0) is 80.7 Å². The van der Waals surface area contributed by atoms with Gasteiger partial charge in [0.2, 0.25) is 11.8 Å². The number of carbonyl (C=O) groups excluding carboxylic acids is 2. The summed E-state index contributed by atoms with van der Waals surface area (Å²) in [6.07, 6.45) is 8.43. The number of aliphatic hydroxyl groups is 3. The lowest BCUT2D eigenvalue weighted by Crippen LogP contribution is -2.40. The normalized spacial score (nSPS) is 22.2. The van der Waals surface area contributed by atoms with E-state index < -0.39 is 24.2 Å². The summed E-state index contributed by atoms with van der Waals surface area (Å²) in [6.45, 7) is 7.52. The van der Waals surface area contributed by atoms with Crippen LogP contribution >= 0.6 is 24.2 Å². The molecular formula is C36H62ClN3O10S. The number of benzene rings is 1. The fourth-order valence-corrected chi connectivity index (χ4v) is 5.65. The standard InChI is InChI=1S/C27H40ClNO4.C7H13NO3S.CH3NO2.CH4.H2O/c1-18-6-5-7-22(16-30)25(32)10-8-19(2)12-20(3)9-11-26(33)29(4)24-15-21(13-18)14-23(17-31)27(24)28;1-5(7(10)11)8(2)6(9)3-4-12;2-1(3)4;;/h5-7,14-15,19-20,22,25,30-32H,8-13,16-17H2,1-4H3;5,12H,3-4H2,1-2H3,(H,10,11);2H2,(H,3,4);1H4;1H2/b7-5+,18-6+;;;;/t19-,20?,22+,25+;5-;;;/m10.../s1/i;;;1D;. The summed E-state index contributed by atoms with van der Waals surface area (Å²) in [4.78, 5) is 46.1. The van der Waals surface area contributed by atoms with E-state index >= 15 is 0 Å². The lowest BCUT2D eigenvalue weighted by atomic mass is 9.88. The van der Waals surface area contributed by atoms with Crippen molar-refractivity contribution in [1.82, 2.24) is 4.90 Å². The van der Waals surface area contributed by atoms with Crippen LogP contribution in [0, 0.1) is 17.8 Å². The van der Waals surface area contributed by atoms with E-state index in [0.717, 1.165) is 30.4 Å². The van der Waals surface area contributed by atoms with Crippen molar-refractivity contribution in [1.29, 1.82) is 0 Å². The van der Waals surface area contributed by atoms with Crippen molar-refractivity contribution in [2.45, 2.75) is 98.8 Å². The lowest BCUT2D eigenvalue weighted by molar-refractivity contribution is -0.148. The van der Waals surface area contributed by atoms with Crippen molar-refractivity contribution in [2.75, 3.05) is 31.4 Å². The molecule has 0 saturated carbocycles. The van der Waals surface area contributed by atoms with E-state index in [0.29, 0.717) is 53.1 Å². The minimum absolute atomic E-state index is 0. The minimum Gasteiger partial charge on any atom is -0.480 e. The number of fused-ring (bicyclic) bond motifs is 2. The van der Waals surface area contributed by atoms with E-state index in [1.165, 1.54) is 26.3 Å². The third-order valence-corrected chi connectivity index (χ3v) is 8.95. The summed E-state index contributed by atoms with van der Waals surface area (Å²) in [6, 6.07) is 3.02. The molecule has 51 heavy (non-hydrogen) atoms. The van der Waals surface area contributed by atoms with E-state index in [4.69, 9.17) is 28.0 Å². The van der Waals surface area contributed by atoms with Crippen LogP contribution in [-0.2, 0) is 27.4 Å². The number of carboxylic acids is 1. The number of likely N-dealkylation sites (N-methyl/N-ethyl adjacent to an activating group) is 1. The Bertz CT molecular complexity index is 1280. The van der Waals surface area contributed by atoms with Gasteiger partial charge in [0, 0.05) is 34.2 Å². The number of carboxylic acid groups (broad SMARTS) is 2. The fourth-order valence-electron chi connectivity index (χ4n) is 5.17. The topological polar surface area (TPSA) is 233 Å². The number of carbonyl (C=O) groups is 4. The number of primary amides is 1. The molecule has 0 fully saturated rings. The van der Waals surface area contributed by atoms with E-state index in [1.54, 1.807) is 11.9 Å². The Balaban J connectivity index is -0.00000105. The number of hydrogen-bond donors (Lipinski definition) is 7. The highest BCUT2D eigenvalue weighted by atomic mass is 35.5. The third kappa shape index (κ3) is 20.5. The Morgan fingerprint density at radius 2 is 1.73 bits per heavy atom. The number of thiol groups is 1. The SMILES string of the molecule is C/C1=C\C=C\[C@@H](CO)[C@@H](O)CC[C@@H](C)CC(C)CCC(=O)N(C)c2cc(cc(CO)c2Cl)C1.C[C@@H](C(=O)O)N(C)C(=O)CCS.NC(=O)O.O.[2H]C. The smallest absolute Gasteiger partial charge is 0.402 e. The van der Waals surface area contributed by atoms with Crippen LogP contribution in [0.2, 0.25) is 5.02 Å². The van der Waals surface area contributed by atoms with E-state index in [-0.39, 0.29) is 42.8 Å². The number of aliphatic carboxylic acids is 1. The number of hydrogen-bond acceptors (Lipinski definition) is 8. The molecule has 0 aliphatic carbocycles. The van der Waals surface area contributed by atoms with Crippen LogP contribution in [0.25, 0.3) is 0 Å². The number of rotatable bonds is 6. The number of anilines is 1. The van der Waals surface area contributed by atoms with Crippen molar-refractivity contribution >= 4 is 53.8 Å². The van der Waals surface area contributed by atoms with Crippen molar-refractivity contribution in [3.05, 3.63) is 52.1 Å². The number of nitrogens with two attached hydrogens (primary N) is 1. The maximum Gasteiger partial charge on any atom is 0.402 e. The molecule has 1 unspecified atom stereocenters. The monoisotopic (exact) mass is 764 g/mol.